The Morgan fingerprint density at radius 2 is 1.88 bits per heavy atom. The molecule has 13 heteroatoms. The highest BCUT2D eigenvalue weighted by atomic mass is 35.5. The molecule has 0 spiro atoms. The normalized spacial score (nSPS) is 15.4. The Kier molecular flexibility index (Phi) is 6.39. The van der Waals surface area contributed by atoms with Crippen molar-refractivity contribution in [2.45, 2.75) is 23.9 Å². The molecule has 0 atom stereocenters. The van der Waals surface area contributed by atoms with Crippen molar-refractivity contribution in [2.75, 3.05) is 31.9 Å². The molecule has 1 saturated heterocycles. The Morgan fingerprint density at radius 1 is 1.16 bits per heavy atom. The summed E-state index contributed by atoms with van der Waals surface area (Å²) in [7, 11) is -3.82. The molecule has 32 heavy (non-hydrogen) atoms. The molecule has 1 aromatic carbocycles. The van der Waals surface area contributed by atoms with Gasteiger partial charge < -0.3 is 4.90 Å². The number of hydrogen-bond acceptors (Lipinski definition) is 7. The number of rotatable bonds is 5. The Morgan fingerprint density at radius 3 is 2.56 bits per heavy atom. The number of halogens is 2. The van der Waals surface area contributed by atoms with Crippen molar-refractivity contribution in [3.8, 4) is 0 Å². The first kappa shape index (κ1) is 22.9. The monoisotopic (exact) mass is 498 g/mol. The van der Waals surface area contributed by atoms with E-state index in [1.54, 1.807) is 9.30 Å². The summed E-state index contributed by atoms with van der Waals surface area (Å²) in [5.74, 6) is -0.169. The first-order valence-corrected chi connectivity index (χ1v) is 12.5. The van der Waals surface area contributed by atoms with Crippen LogP contribution in [0.4, 0.5) is 4.39 Å². The number of nitrogens with zero attached hydrogens (tertiary/aromatic N) is 6. The van der Waals surface area contributed by atoms with Gasteiger partial charge in [-0.25, -0.2) is 17.8 Å². The average Bonchev–Trinajstić information content (AvgIpc) is 3.17. The third kappa shape index (κ3) is 4.45. The Balaban J connectivity index is 1.37. The van der Waals surface area contributed by atoms with Crippen LogP contribution in [-0.4, -0.2) is 75.0 Å². The van der Waals surface area contributed by atoms with E-state index < -0.39 is 15.8 Å². The fourth-order valence-corrected chi connectivity index (χ4v) is 6.06. The van der Waals surface area contributed by atoms with Gasteiger partial charge in [-0.3, -0.25) is 9.20 Å². The van der Waals surface area contributed by atoms with Crippen LogP contribution >= 0.6 is 23.4 Å². The summed E-state index contributed by atoms with van der Waals surface area (Å²) in [5.41, 5.74) is 1.76. The van der Waals surface area contributed by atoms with Gasteiger partial charge in [0.25, 0.3) is 5.78 Å². The number of benzene rings is 1. The number of piperazine rings is 1. The molecule has 3 heterocycles. The Labute approximate surface area is 193 Å². The van der Waals surface area contributed by atoms with Crippen LogP contribution in [0.25, 0.3) is 5.78 Å². The van der Waals surface area contributed by atoms with Gasteiger partial charge in [-0.1, -0.05) is 23.4 Å². The van der Waals surface area contributed by atoms with E-state index in [0.717, 1.165) is 23.5 Å². The van der Waals surface area contributed by atoms with Crippen molar-refractivity contribution in [3.63, 3.8) is 0 Å². The summed E-state index contributed by atoms with van der Waals surface area (Å²) in [4.78, 5) is 18.6. The molecule has 1 aliphatic heterocycles. The number of amides is 1. The summed E-state index contributed by atoms with van der Waals surface area (Å²) < 4.78 is 42.0. The molecule has 1 fully saturated rings. The number of aromatic nitrogens is 4. The van der Waals surface area contributed by atoms with Crippen molar-refractivity contribution >= 4 is 45.1 Å². The van der Waals surface area contributed by atoms with Crippen LogP contribution in [0, 0.1) is 19.7 Å². The summed E-state index contributed by atoms with van der Waals surface area (Å²) in [6.45, 7) is 4.60. The maximum atomic E-state index is 13.4. The van der Waals surface area contributed by atoms with E-state index in [2.05, 4.69) is 15.2 Å². The summed E-state index contributed by atoms with van der Waals surface area (Å²) in [6.07, 6.45) is 0. The number of fused-ring (bicyclic) bond motifs is 1. The molecule has 0 bridgehead atoms. The van der Waals surface area contributed by atoms with Gasteiger partial charge in [-0.2, -0.15) is 4.31 Å². The van der Waals surface area contributed by atoms with Gasteiger partial charge in [0, 0.05) is 37.6 Å². The first-order valence-electron chi connectivity index (χ1n) is 9.72. The molecule has 0 aliphatic carbocycles. The minimum Gasteiger partial charge on any atom is -0.339 e. The zero-order valence-electron chi connectivity index (χ0n) is 17.3. The SMILES string of the molecule is Cc1cc(C)n2c(SCC(=O)N3CCN(S(=O)(=O)c4ccc(F)c(Cl)c4)CC3)nnc2n1. The second kappa shape index (κ2) is 8.93. The number of carbonyl (C=O) groups excluding carboxylic acids is 1. The molecule has 0 radical (unpaired) electrons. The lowest BCUT2D eigenvalue weighted by molar-refractivity contribution is -0.129. The molecule has 4 rings (SSSR count). The smallest absolute Gasteiger partial charge is 0.256 e. The van der Waals surface area contributed by atoms with Gasteiger partial charge in [0.15, 0.2) is 5.16 Å². The lowest BCUT2D eigenvalue weighted by Crippen LogP contribution is -2.51. The fraction of sp³-hybridized carbons (Fsp3) is 0.368. The van der Waals surface area contributed by atoms with E-state index >= 15 is 0 Å². The molecule has 1 amide bonds. The molecule has 0 saturated carbocycles. The molecule has 2 aromatic heterocycles. The lowest BCUT2D eigenvalue weighted by Gasteiger charge is -2.34. The lowest BCUT2D eigenvalue weighted by atomic mass is 10.3. The van der Waals surface area contributed by atoms with Crippen LogP contribution in [0.5, 0.6) is 0 Å². The molecule has 1 aliphatic rings. The second-order valence-corrected chi connectivity index (χ2v) is 10.6. The number of carbonyl (C=O) groups is 1. The predicted octanol–water partition coefficient (Wildman–Crippen LogP) is 2.16. The third-order valence-corrected chi connectivity index (χ3v) is 8.21. The quantitative estimate of drug-likeness (QED) is 0.497. The van der Waals surface area contributed by atoms with Crippen molar-refractivity contribution in [1.29, 1.82) is 0 Å². The molecule has 170 valence electrons. The van der Waals surface area contributed by atoms with Gasteiger partial charge in [-0.15, -0.1) is 10.2 Å². The summed E-state index contributed by atoms with van der Waals surface area (Å²) >= 11 is 6.99. The second-order valence-electron chi connectivity index (χ2n) is 7.31. The largest absolute Gasteiger partial charge is 0.339 e. The van der Waals surface area contributed by atoms with Gasteiger partial charge in [0.1, 0.15) is 5.82 Å². The van der Waals surface area contributed by atoms with E-state index in [1.807, 2.05) is 19.9 Å². The fourth-order valence-electron chi connectivity index (χ4n) is 3.48. The van der Waals surface area contributed by atoms with Crippen molar-refractivity contribution in [1.82, 2.24) is 28.8 Å². The Bertz CT molecular complexity index is 1290. The number of sulfonamides is 1. The minimum atomic E-state index is -3.82. The van der Waals surface area contributed by atoms with Crippen LogP contribution < -0.4 is 0 Å². The van der Waals surface area contributed by atoms with Crippen molar-refractivity contribution < 1.29 is 17.6 Å². The zero-order valence-corrected chi connectivity index (χ0v) is 19.7. The molecule has 0 N–H and O–H groups in total. The summed E-state index contributed by atoms with van der Waals surface area (Å²) in [6, 6.07) is 5.22. The zero-order chi connectivity index (χ0) is 23.0. The molecule has 9 nitrogen and oxygen atoms in total. The average molecular weight is 499 g/mol. The topological polar surface area (TPSA) is 101 Å². The number of aryl methyl sites for hydroxylation is 2. The molecular weight excluding hydrogens is 479 g/mol. The highest BCUT2D eigenvalue weighted by Crippen LogP contribution is 2.24. The van der Waals surface area contributed by atoms with E-state index in [0.29, 0.717) is 10.9 Å². The van der Waals surface area contributed by atoms with Gasteiger partial charge in [0.2, 0.25) is 15.9 Å². The maximum Gasteiger partial charge on any atom is 0.256 e. The van der Waals surface area contributed by atoms with Crippen molar-refractivity contribution in [2.24, 2.45) is 0 Å². The third-order valence-electron chi connectivity index (χ3n) is 5.11. The minimum absolute atomic E-state index is 0.0721. The Hall–Kier alpha value is -2.28. The van der Waals surface area contributed by atoms with Crippen molar-refractivity contribution in [3.05, 3.63) is 46.5 Å². The molecular formula is C19H20ClFN6O3S2. The highest BCUT2D eigenvalue weighted by Gasteiger charge is 2.30. The van der Waals surface area contributed by atoms with Crippen LogP contribution in [0.1, 0.15) is 11.4 Å². The molecule has 3 aromatic rings. The van der Waals surface area contributed by atoms with E-state index in [1.165, 1.54) is 22.1 Å². The van der Waals surface area contributed by atoms with Crippen LogP contribution in [0.2, 0.25) is 5.02 Å². The number of thioether (sulfide) groups is 1. The number of hydrogen-bond donors (Lipinski definition) is 0. The van der Waals surface area contributed by atoms with E-state index in [4.69, 9.17) is 11.6 Å². The predicted molar refractivity (Wildman–Crippen MR) is 118 cm³/mol. The van der Waals surface area contributed by atoms with Gasteiger partial charge >= 0.3 is 0 Å². The first-order chi connectivity index (χ1) is 15.2. The van der Waals surface area contributed by atoms with E-state index in [-0.39, 0.29) is 47.8 Å². The van der Waals surface area contributed by atoms with Crippen LogP contribution in [0.15, 0.2) is 34.3 Å². The van der Waals surface area contributed by atoms with E-state index in [9.17, 15) is 17.6 Å². The van der Waals surface area contributed by atoms with Gasteiger partial charge in [0.05, 0.1) is 15.7 Å². The van der Waals surface area contributed by atoms with Crippen LogP contribution in [0.3, 0.4) is 0 Å². The molecule has 0 unspecified atom stereocenters. The standard InChI is InChI=1S/C19H20ClFN6O3S2/c1-12-9-13(2)27-18(22-12)23-24-19(27)31-11-17(28)25-5-7-26(8-6-25)32(29,30)14-3-4-16(21)15(20)10-14/h3-4,9-10H,5-8,11H2,1-2H3. The van der Waals surface area contributed by atoms with Crippen LogP contribution in [-0.2, 0) is 14.8 Å². The summed E-state index contributed by atoms with van der Waals surface area (Å²) in [5, 5.41) is 8.51. The van der Waals surface area contributed by atoms with Gasteiger partial charge in [-0.05, 0) is 38.1 Å². The maximum absolute atomic E-state index is 13.4. The highest BCUT2D eigenvalue weighted by molar-refractivity contribution is 7.99.